The van der Waals surface area contributed by atoms with Gasteiger partial charge in [-0.1, -0.05) is 0 Å². The summed E-state index contributed by atoms with van der Waals surface area (Å²) in [7, 11) is -2.42. The number of rotatable bonds is 3. The molecule has 0 N–H and O–H groups in total. The molecule has 2 aliphatic rings. The van der Waals surface area contributed by atoms with Crippen LogP contribution in [0.25, 0.3) is 10.8 Å². The third-order valence-corrected chi connectivity index (χ3v) is 27.9. The minimum atomic E-state index is -3.59. The van der Waals surface area contributed by atoms with Gasteiger partial charge in [-0.2, -0.15) is 0 Å². The average Bonchev–Trinajstić information content (AvgIpc) is 3.33. The first-order chi connectivity index (χ1) is 17.9. The Bertz CT molecular complexity index is 1630. The second-order valence-electron chi connectivity index (χ2n) is 10.3. The number of halogens is 1. The van der Waals surface area contributed by atoms with Gasteiger partial charge < -0.3 is 0 Å². The molecule has 0 bridgehead atoms. The van der Waals surface area contributed by atoms with Crippen molar-refractivity contribution in [3.05, 3.63) is 125 Å². The van der Waals surface area contributed by atoms with Crippen molar-refractivity contribution in [3.63, 3.8) is 0 Å². The van der Waals surface area contributed by atoms with Crippen LogP contribution in [0.15, 0.2) is 97.1 Å². The van der Waals surface area contributed by atoms with Gasteiger partial charge in [0.25, 0.3) is 0 Å². The van der Waals surface area contributed by atoms with Crippen LogP contribution in [0.3, 0.4) is 0 Å². The first-order valence-corrected chi connectivity index (χ1v) is 23.0. The molecule has 0 amide bonds. The zero-order valence-corrected chi connectivity index (χ0v) is 26.1. The van der Waals surface area contributed by atoms with Crippen molar-refractivity contribution < 1.29 is 2.89 Å². The van der Waals surface area contributed by atoms with Gasteiger partial charge in [-0.25, -0.2) is 0 Å². The van der Waals surface area contributed by atoms with Crippen molar-refractivity contribution in [2.24, 2.45) is 0 Å². The number of aryl methyl sites for hydroxylation is 5. The average molecular weight is 680 g/mol. The Morgan fingerprint density at radius 3 is 1.78 bits per heavy atom. The van der Waals surface area contributed by atoms with Crippen LogP contribution in [0.5, 0.6) is 0 Å². The van der Waals surface area contributed by atoms with E-state index in [4.69, 9.17) is 2.89 Å². The Morgan fingerprint density at radius 1 is 0.676 bits per heavy atom. The van der Waals surface area contributed by atoms with Crippen molar-refractivity contribution in [3.8, 4) is 0 Å². The van der Waals surface area contributed by atoms with Crippen LogP contribution in [-0.2, 0) is 15.7 Å². The van der Waals surface area contributed by atoms with Crippen molar-refractivity contribution in [2.75, 3.05) is 0 Å². The molecule has 0 unspecified atom stereocenters. The Labute approximate surface area is 230 Å². The standard InChI is InChI=1S/C33H29BrOPTe/c1-22-20-23(2)33(24(3)21-22)37(34)30-19-17-26-15-14-25-16-18-29(32(30)31(25)26)36(35-37,27-10-6-4-7-11-27)28-12-8-5-9-13-28/h4-13,16-21H,14-15H2,1-3H3/q+1. The summed E-state index contributed by atoms with van der Waals surface area (Å²) in [4.78, 5) is 0. The molecule has 1 nitrogen and oxygen atoms in total. The summed E-state index contributed by atoms with van der Waals surface area (Å²) >= 11 is 0.938. The summed E-state index contributed by atoms with van der Waals surface area (Å²) < 4.78 is 10.8. The van der Waals surface area contributed by atoms with Crippen LogP contribution >= 0.6 is 20.2 Å². The molecular formula is C33H29BrOPTe+. The van der Waals surface area contributed by atoms with E-state index in [0.717, 1.165) is 12.8 Å². The Morgan fingerprint density at radius 2 is 1.22 bits per heavy atom. The Balaban J connectivity index is 1.69. The van der Waals surface area contributed by atoms with Gasteiger partial charge in [-0.3, -0.25) is 0 Å². The van der Waals surface area contributed by atoms with Crippen LogP contribution in [0.1, 0.15) is 27.8 Å². The van der Waals surface area contributed by atoms with E-state index in [1.54, 1.807) is 0 Å². The predicted molar refractivity (Wildman–Crippen MR) is 166 cm³/mol. The molecule has 0 radical (unpaired) electrons. The molecular weight excluding hydrogens is 651 g/mol. The third kappa shape index (κ3) is 3.42. The molecule has 0 saturated carbocycles. The fraction of sp³-hybridized carbons (Fsp3) is 0.152. The van der Waals surface area contributed by atoms with E-state index in [-0.39, 0.29) is 0 Å². The molecule has 0 saturated heterocycles. The molecule has 0 spiro atoms. The minimum absolute atomic E-state index is 1.13. The van der Waals surface area contributed by atoms with Crippen LogP contribution in [0.2, 0.25) is 0 Å². The molecule has 184 valence electrons. The SMILES string of the molecule is Cc1cc(C)c([Te@@]2(Br)O[P+](c3ccccc3)(c3ccccc3)c3ccc4c5c(ccc2c35)CC4)c(C)c1. The van der Waals surface area contributed by atoms with E-state index < -0.39 is 23.9 Å². The van der Waals surface area contributed by atoms with Crippen molar-refractivity contribution >= 4 is 70.5 Å². The van der Waals surface area contributed by atoms with E-state index in [9.17, 15) is 0 Å². The van der Waals surface area contributed by atoms with Crippen LogP contribution < -0.4 is 23.1 Å². The van der Waals surface area contributed by atoms with Crippen LogP contribution in [0.4, 0.5) is 0 Å². The topological polar surface area (TPSA) is 9.23 Å². The van der Waals surface area contributed by atoms with Crippen molar-refractivity contribution in [2.45, 2.75) is 33.6 Å². The van der Waals surface area contributed by atoms with Gasteiger partial charge in [0.2, 0.25) is 0 Å². The van der Waals surface area contributed by atoms with Gasteiger partial charge >= 0.3 is 232 Å². The summed E-state index contributed by atoms with van der Waals surface area (Å²) in [6, 6.07) is 36.4. The molecule has 1 aliphatic carbocycles. The van der Waals surface area contributed by atoms with E-state index in [2.05, 4.69) is 131 Å². The van der Waals surface area contributed by atoms with Crippen molar-refractivity contribution in [1.29, 1.82) is 0 Å². The zero-order valence-electron chi connectivity index (χ0n) is 21.3. The first-order valence-electron chi connectivity index (χ1n) is 12.8. The molecule has 37 heavy (non-hydrogen) atoms. The molecule has 5 aromatic rings. The van der Waals surface area contributed by atoms with Crippen LogP contribution in [-0.4, -0.2) is 16.4 Å². The summed E-state index contributed by atoms with van der Waals surface area (Å²) in [5.74, 6) is 0. The molecule has 4 heteroatoms. The molecule has 1 heterocycles. The van der Waals surface area contributed by atoms with E-state index in [0.29, 0.717) is 0 Å². The second kappa shape index (κ2) is 8.77. The molecule has 0 fully saturated rings. The second-order valence-corrected chi connectivity index (χ2v) is 25.8. The summed E-state index contributed by atoms with van der Waals surface area (Å²) in [6.45, 7) is 6.74. The van der Waals surface area contributed by atoms with Crippen LogP contribution in [0, 0.1) is 20.8 Å². The molecule has 0 aromatic heterocycles. The molecule has 1 aliphatic heterocycles. The fourth-order valence-corrected chi connectivity index (χ4v) is 30.6. The summed E-state index contributed by atoms with van der Waals surface area (Å²) in [6.07, 6.45) is 2.26. The Hall–Kier alpha value is -1.98. The zero-order chi connectivity index (χ0) is 25.4. The normalized spacial score (nSPS) is 19.4. The molecule has 7 rings (SSSR count). The predicted octanol–water partition coefficient (Wildman–Crippen LogP) is 6.05. The van der Waals surface area contributed by atoms with Gasteiger partial charge in [0.05, 0.1) is 0 Å². The third-order valence-electron chi connectivity index (χ3n) is 7.88. The maximum absolute atomic E-state index is 7.96. The summed E-state index contributed by atoms with van der Waals surface area (Å²) in [5, 5.41) is 6.93. The fourth-order valence-electron chi connectivity index (χ4n) is 6.51. The Kier molecular flexibility index (Phi) is 5.71. The molecule has 5 aromatic carbocycles. The first kappa shape index (κ1) is 24.1. The maximum atomic E-state index is 7.96. The van der Waals surface area contributed by atoms with E-state index in [1.165, 1.54) is 61.7 Å². The van der Waals surface area contributed by atoms with Gasteiger partial charge in [-0.15, -0.1) is 0 Å². The summed E-state index contributed by atoms with van der Waals surface area (Å²) in [5.41, 5.74) is 6.96. The van der Waals surface area contributed by atoms with Gasteiger partial charge in [0, 0.05) is 0 Å². The number of hydrogen-bond donors (Lipinski definition) is 0. The number of benzene rings is 5. The van der Waals surface area contributed by atoms with Gasteiger partial charge in [0.1, 0.15) is 0 Å². The van der Waals surface area contributed by atoms with Crippen molar-refractivity contribution in [1.82, 2.24) is 0 Å². The number of hydrogen-bond acceptors (Lipinski definition) is 1. The molecule has 1 atom stereocenters. The van der Waals surface area contributed by atoms with E-state index >= 15 is 0 Å². The monoisotopic (exact) mass is 681 g/mol. The van der Waals surface area contributed by atoms with Gasteiger partial charge in [0.15, 0.2) is 0 Å². The van der Waals surface area contributed by atoms with E-state index in [1.807, 2.05) is 0 Å². The van der Waals surface area contributed by atoms with Gasteiger partial charge in [-0.05, 0) is 0 Å². The quantitative estimate of drug-likeness (QED) is 0.167.